The molecule has 128 valence electrons. The SMILES string of the molecule is COc1ccc([C@@H](O)CNC(=O)Nc2ccc(OC)nc2Br)cc1. The summed E-state index contributed by atoms with van der Waals surface area (Å²) in [6.45, 7) is 0.0688. The number of amides is 2. The van der Waals surface area contributed by atoms with Crippen molar-refractivity contribution >= 4 is 27.6 Å². The van der Waals surface area contributed by atoms with E-state index in [1.165, 1.54) is 7.11 Å². The minimum absolute atomic E-state index is 0.0688. The fraction of sp³-hybridized carbons (Fsp3) is 0.250. The van der Waals surface area contributed by atoms with Crippen LogP contribution in [0.4, 0.5) is 10.5 Å². The summed E-state index contributed by atoms with van der Waals surface area (Å²) in [6.07, 6.45) is -0.820. The maximum atomic E-state index is 11.9. The number of nitrogens with one attached hydrogen (secondary N) is 2. The van der Waals surface area contributed by atoms with Crippen LogP contribution in [0.25, 0.3) is 0 Å². The largest absolute Gasteiger partial charge is 0.497 e. The molecule has 2 amide bonds. The second-order valence-electron chi connectivity index (χ2n) is 4.82. The number of benzene rings is 1. The second-order valence-corrected chi connectivity index (χ2v) is 5.57. The number of carbonyl (C=O) groups is 1. The number of carbonyl (C=O) groups excluding carboxylic acids is 1. The van der Waals surface area contributed by atoms with E-state index in [9.17, 15) is 9.90 Å². The molecule has 0 bridgehead atoms. The van der Waals surface area contributed by atoms with Crippen LogP contribution in [-0.4, -0.2) is 36.9 Å². The Balaban J connectivity index is 1.88. The van der Waals surface area contributed by atoms with Crippen molar-refractivity contribution in [2.45, 2.75) is 6.10 Å². The highest BCUT2D eigenvalue weighted by atomic mass is 79.9. The predicted molar refractivity (Wildman–Crippen MR) is 93.5 cm³/mol. The molecule has 3 N–H and O–H groups in total. The molecule has 1 atom stereocenters. The van der Waals surface area contributed by atoms with Crippen LogP contribution in [0.1, 0.15) is 11.7 Å². The van der Waals surface area contributed by atoms with Gasteiger partial charge in [0.25, 0.3) is 0 Å². The highest BCUT2D eigenvalue weighted by Crippen LogP contribution is 2.23. The van der Waals surface area contributed by atoms with Gasteiger partial charge in [-0.3, -0.25) is 0 Å². The zero-order valence-corrected chi connectivity index (χ0v) is 14.8. The number of nitrogens with zero attached hydrogens (tertiary/aromatic N) is 1. The van der Waals surface area contributed by atoms with Crippen molar-refractivity contribution in [1.29, 1.82) is 0 Å². The molecule has 0 saturated carbocycles. The summed E-state index contributed by atoms with van der Waals surface area (Å²) in [5, 5.41) is 15.3. The van der Waals surface area contributed by atoms with Gasteiger partial charge in [0.1, 0.15) is 10.4 Å². The predicted octanol–water partition coefficient (Wildman–Crippen LogP) is 2.72. The zero-order valence-electron chi connectivity index (χ0n) is 13.2. The van der Waals surface area contributed by atoms with Crippen LogP contribution in [0.2, 0.25) is 0 Å². The molecule has 24 heavy (non-hydrogen) atoms. The van der Waals surface area contributed by atoms with Crippen molar-refractivity contribution in [2.75, 3.05) is 26.1 Å². The first-order valence-corrected chi connectivity index (χ1v) is 7.90. The molecule has 0 aliphatic carbocycles. The van der Waals surface area contributed by atoms with Crippen LogP contribution in [0.3, 0.4) is 0 Å². The molecule has 2 rings (SSSR count). The average Bonchev–Trinajstić information content (AvgIpc) is 2.61. The second kappa shape index (κ2) is 8.51. The Hall–Kier alpha value is -2.32. The molecule has 0 radical (unpaired) electrons. The molecule has 0 fully saturated rings. The van der Waals surface area contributed by atoms with E-state index < -0.39 is 12.1 Å². The van der Waals surface area contributed by atoms with Crippen LogP contribution in [0, 0.1) is 0 Å². The van der Waals surface area contributed by atoms with Crippen LogP contribution < -0.4 is 20.1 Å². The number of aromatic nitrogens is 1. The van der Waals surface area contributed by atoms with Crippen LogP contribution in [-0.2, 0) is 0 Å². The van der Waals surface area contributed by atoms with Gasteiger partial charge in [-0.2, -0.15) is 0 Å². The fourth-order valence-electron chi connectivity index (χ4n) is 1.92. The smallest absolute Gasteiger partial charge is 0.319 e. The van der Waals surface area contributed by atoms with Gasteiger partial charge in [-0.1, -0.05) is 12.1 Å². The van der Waals surface area contributed by atoms with Gasteiger partial charge in [0, 0.05) is 12.6 Å². The number of urea groups is 1. The Labute approximate surface area is 148 Å². The number of methoxy groups -OCH3 is 2. The van der Waals surface area contributed by atoms with E-state index in [1.54, 1.807) is 43.5 Å². The third-order valence-electron chi connectivity index (χ3n) is 3.24. The van der Waals surface area contributed by atoms with E-state index in [0.29, 0.717) is 27.5 Å². The summed E-state index contributed by atoms with van der Waals surface area (Å²) in [5.74, 6) is 1.14. The van der Waals surface area contributed by atoms with E-state index in [-0.39, 0.29) is 6.54 Å². The lowest BCUT2D eigenvalue weighted by molar-refractivity contribution is 0.175. The topological polar surface area (TPSA) is 92.7 Å². The maximum Gasteiger partial charge on any atom is 0.319 e. The van der Waals surface area contributed by atoms with Gasteiger partial charge in [-0.25, -0.2) is 9.78 Å². The number of hydrogen-bond donors (Lipinski definition) is 3. The summed E-state index contributed by atoms with van der Waals surface area (Å²) in [4.78, 5) is 16.0. The van der Waals surface area contributed by atoms with Gasteiger partial charge >= 0.3 is 6.03 Å². The highest BCUT2D eigenvalue weighted by Gasteiger charge is 2.11. The number of aliphatic hydroxyl groups excluding tert-OH is 1. The highest BCUT2D eigenvalue weighted by molar-refractivity contribution is 9.10. The summed E-state index contributed by atoms with van der Waals surface area (Å²) >= 11 is 3.25. The molecule has 1 aromatic heterocycles. The summed E-state index contributed by atoms with van der Waals surface area (Å²) in [7, 11) is 3.08. The van der Waals surface area contributed by atoms with Gasteiger partial charge in [-0.05, 0) is 39.7 Å². The Bertz CT molecular complexity index is 694. The van der Waals surface area contributed by atoms with Gasteiger partial charge in [-0.15, -0.1) is 0 Å². The standard InChI is InChI=1S/C16H18BrN3O4/c1-23-11-5-3-10(4-6-11)13(21)9-18-16(22)19-12-7-8-14(24-2)20-15(12)17/h3-8,13,21H,9H2,1-2H3,(H2,18,19,22)/t13-/m0/s1. The maximum absolute atomic E-state index is 11.9. The summed E-state index contributed by atoms with van der Waals surface area (Å²) in [5.41, 5.74) is 1.18. The van der Waals surface area contributed by atoms with Crippen molar-refractivity contribution in [3.05, 3.63) is 46.6 Å². The lowest BCUT2D eigenvalue weighted by Gasteiger charge is -2.14. The number of anilines is 1. The van der Waals surface area contributed by atoms with Gasteiger partial charge in [0.2, 0.25) is 5.88 Å². The zero-order chi connectivity index (χ0) is 17.5. The molecule has 1 aromatic carbocycles. The van der Waals surface area contributed by atoms with E-state index in [1.807, 2.05) is 0 Å². The lowest BCUT2D eigenvalue weighted by atomic mass is 10.1. The molecular formula is C16H18BrN3O4. The first-order chi connectivity index (χ1) is 11.5. The van der Waals surface area contributed by atoms with Crippen molar-refractivity contribution in [1.82, 2.24) is 10.3 Å². The molecule has 2 aromatic rings. The molecule has 0 aliphatic heterocycles. The van der Waals surface area contributed by atoms with Gasteiger partial charge in [0.15, 0.2) is 0 Å². The minimum Gasteiger partial charge on any atom is -0.497 e. The van der Waals surface area contributed by atoms with Crippen molar-refractivity contribution in [3.63, 3.8) is 0 Å². The Morgan fingerprint density at radius 2 is 1.92 bits per heavy atom. The minimum atomic E-state index is -0.820. The summed E-state index contributed by atoms with van der Waals surface area (Å²) < 4.78 is 10.5. The number of ether oxygens (including phenoxy) is 2. The molecule has 8 heteroatoms. The molecular weight excluding hydrogens is 378 g/mol. The first-order valence-electron chi connectivity index (χ1n) is 7.11. The Morgan fingerprint density at radius 1 is 1.21 bits per heavy atom. The van der Waals surface area contributed by atoms with Crippen molar-refractivity contribution < 1.29 is 19.4 Å². The van der Waals surface area contributed by atoms with E-state index >= 15 is 0 Å². The molecule has 7 nitrogen and oxygen atoms in total. The average molecular weight is 396 g/mol. The van der Waals surface area contributed by atoms with E-state index in [2.05, 4.69) is 31.5 Å². The van der Waals surface area contributed by atoms with Crippen LogP contribution in [0.5, 0.6) is 11.6 Å². The van der Waals surface area contributed by atoms with Gasteiger partial charge < -0.3 is 25.2 Å². The van der Waals surface area contributed by atoms with E-state index in [4.69, 9.17) is 9.47 Å². The number of pyridine rings is 1. The van der Waals surface area contributed by atoms with Crippen molar-refractivity contribution in [3.8, 4) is 11.6 Å². The fourth-order valence-corrected chi connectivity index (χ4v) is 2.33. The first kappa shape index (κ1) is 18.0. The molecule has 0 unspecified atom stereocenters. The Morgan fingerprint density at radius 3 is 2.50 bits per heavy atom. The normalized spacial score (nSPS) is 11.5. The molecule has 0 spiro atoms. The van der Waals surface area contributed by atoms with E-state index in [0.717, 1.165) is 0 Å². The van der Waals surface area contributed by atoms with Gasteiger partial charge in [0.05, 0.1) is 26.0 Å². The lowest BCUT2D eigenvalue weighted by Crippen LogP contribution is -2.32. The molecule has 0 saturated heterocycles. The number of halogens is 1. The van der Waals surface area contributed by atoms with Crippen molar-refractivity contribution in [2.24, 2.45) is 0 Å². The van der Waals surface area contributed by atoms with Crippen LogP contribution in [0.15, 0.2) is 41.0 Å². The molecule has 1 heterocycles. The number of aliphatic hydroxyl groups is 1. The summed E-state index contributed by atoms with van der Waals surface area (Å²) in [6, 6.07) is 9.83. The third kappa shape index (κ3) is 4.84. The Kier molecular flexibility index (Phi) is 6.39. The monoisotopic (exact) mass is 395 g/mol. The number of hydrogen-bond acceptors (Lipinski definition) is 5. The quantitative estimate of drug-likeness (QED) is 0.653. The molecule has 0 aliphatic rings. The third-order valence-corrected chi connectivity index (χ3v) is 3.84. The number of rotatable bonds is 6. The van der Waals surface area contributed by atoms with Crippen LogP contribution >= 0.6 is 15.9 Å².